The molecule has 0 fully saturated rings. The van der Waals surface area contributed by atoms with Crippen LogP contribution in [0.2, 0.25) is 0 Å². The quantitative estimate of drug-likeness (QED) is 0.736. The first-order chi connectivity index (χ1) is 15.0. The van der Waals surface area contributed by atoms with E-state index < -0.39 is 11.9 Å². The van der Waals surface area contributed by atoms with Gasteiger partial charge in [0.15, 0.2) is 5.78 Å². The van der Waals surface area contributed by atoms with E-state index in [0.717, 1.165) is 5.56 Å². The summed E-state index contributed by atoms with van der Waals surface area (Å²) in [6.45, 7) is 2.38. The molecule has 1 heterocycles. The van der Waals surface area contributed by atoms with Crippen molar-refractivity contribution < 1.29 is 23.8 Å². The van der Waals surface area contributed by atoms with Gasteiger partial charge in [0.2, 0.25) is 5.88 Å². The fraction of sp³-hybridized carbons (Fsp3) is 0.280. The van der Waals surface area contributed by atoms with Crippen molar-refractivity contribution >= 4 is 11.8 Å². The number of para-hydroxylation sites is 1. The van der Waals surface area contributed by atoms with Gasteiger partial charge in [-0.05, 0) is 25.0 Å². The topological polar surface area (TPSA) is 87.9 Å². The Morgan fingerprint density at radius 3 is 2.61 bits per heavy atom. The second-order valence-corrected chi connectivity index (χ2v) is 7.73. The van der Waals surface area contributed by atoms with Crippen molar-refractivity contribution in [2.24, 2.45) is 5.73 Å². The van der Waals surface area contributed by atoms with Crippen LogP contribution in [0.5, 0.6) is 5.75 Å². The Morgan fingerprint density at radius 1 is 1.13 bits per heavy atom. The number of carbonyl (C=O) groups is 2. The molecule has 1 aliphatic carbocycles. The van der Waals surface area contributed by atoms with E-state index in [-0.39, 0.29) is 17.2 Å². The number of aryl methyl sites for hydroxylation is 1. The summed E-state index contributed by atoms with van der Waals surface area (Å²) in [6.07, 6.45) is 1.69. The zero-order chi connectivity index (χ0) is 22.0. The molecule has 2 N–H and O–H groups in total. The first kappa shape index (κ1) is 20.7. The van der Waals surface area contributed by atoms with Crippen LogP contribution in [0.4, 0.5) is 0 Å². The van der Waals surface area contributed by atoms with Crippen LogP contribution in [0.15, 0.2) is 71.3 Å². The highest BCUT2D eigenvalue weighted by Crippen LogP contribution is 2.46. The minimum absolute atomic E-state index is 0.0290. The molecule has 2 aliphatic rings. The van der Waals surface area contributed by atoms with Crippen LogP contribution in [0.1, 0.15) is 41.9 Å². The molecule has 160 valence electrons. The summed E-state index contributed by atoms with van der Waals surface area (Å²) in [5, 5.41) is 0. The average molecular weight is 419 g/mol. The Labute approximate surface area is 181 Å². The van der Waals surface area contributed by atoms with Crippen molar-refractivity contribution in [3.63, 3.8) is 0 Å². The van der Waals surface area contributed by atoms with Crippen LogP contribution in [-0.2, 0) is 25.7 Å². The number of carbonyl (C=O) groups excluding carboxylic acids is 2. The van der Waals surface area contributed by atoms with E-state index in [9.17, 15) is 9.59 Å². The zero-order valence-corrected chi connectivity index (χ0v) is 17.6. The van der Waals surface area contributed by atoms with Gasteiger partial charge in [0.05, 0.1) is 13.0 Å². The monoisotopic (exact) mass is 419 g/mol. The number of ketones is 1. The summed E-state index contributed by atoms with van der Waals surface area (Å²) >= 11 is 0. The van der Waals surface area contributed by atoms with Crippen molar-refractivity contribution in [3.05, 3.63) is 88.0 Å². The van der Waals surface area contributed by atoms with Gasteiger partial charge in [0, 0.05) is 24.0 Å². The number of nitrogens with two attached hydrogens (primary N) is 1. The summed E-state index contributed by atoms with van der Waals surface area (Å²) in [4.78, 5) is 25.6. The van der Waals surface area contributed by atoms with Gasteiger partial charge < -0.3 is 19.9 Å². The lowest BCUT2D eigenvalue weighted by Crippen LogP contribution is -2.31. The number of ether oxygens (including phenoxy) is 3. The Balaban J connectivity index is 1.76. The van der Waals surface area contributed by atoms with Gasteiger partial charge in [-0.2, -0.15) is 0 Å². The normalized spacial score (nSPS) is 18.4. The molecule has 0 amide bonds. The maximum absolute atomic E-state index is 12.9. The van der Waals surface area contributed by atoms with E-state index in [1.807, 2.05) is 55.5 Å². The highest BCUT2D eigenvalue weighted by atomic mass is 16.5. The molecular weight excluding hydrogens is 394 g/mol. The number of rotatable bonds is 5. The minimum atomic E-state index is -0.696. The molecule has 0 saturated heterocycles. The second-order valence-electron chi connectivity index (χ2n) is 7.73. The first-order valence-electron chi connectivity index (χ1n) is 10.3. The highest BCUT2D eigenvalue weighted by molar-refractivity contribution is 6.03. The molecule has 2 aromatic rings. The van der Waals surface area contributed by atoms with Crippen LogP contribution >= 0.6 is 0 Å². The third kappa shape index (κ3) is 4.06. The zero-order valence-electron chi connectivity index (χ0n) is 17.6. The molecule has 0 saturated carbocycles. The van der Waals surface area contributed by atoms with E-state index >= 15 is 0 Å². The Bertz CT molecular complexity index is 1080. The van der Waals surface area contributed by atoms with Crippen LogP contribution < -0.4 is 10.5 Å². The Hall–Kier alpha value is -3.54. The number of hydrogen-bond acceptors (Lipinski definition) is 6. The van der Waals surface area contributed by atoms with Crippen molar-refractivity contribution in [2.75, 3.05) is 7.11 Å². The maximum Gasteiger partial charge on any atom is 0.340 e. The molecule has 0 bridgehead atoms. The van der Waals surface area contributed by atoms with Crippen molar-refractivity contribution in [1.29, 1.82) is 0 Å². The smallest absolute Gasteiger partial charge is 0.340 e. The molecule has 31 heavy (non-hydrogen) atoms. The summed E-state index contributed by atoms with van der Waals surface area (Å²) < 4.78 is 16.8. The number of methoxy groups -OCH3 is 1. The third-order valence-corrected chi connectivity index (χ3v) is 5.63. The lowest BCUT2D eigenvalue weighted by atomic mass is 9.77. The van der Waals surface area contributed by atoms with Crippen molar-refractivity contribution in [3.8, 4) is 5.75 Å². The lowest BCUT2D eigenvalue weighted by molar-refractivity contribution is -0.136. The van der Waals surface area contributed by atoms with Crippen molar-refractivity contribution in [2.45, 2.75) is 38.7 Å². The predicted octanol–water partition coefficient (Wildman–Crippen LogP) is 4.04. The average Bonchev–Trinajstić information content (AvgIpc) is 2.78. The molecule has 4 rings (SSSR count). The fourth-order valence-electron chi connectivity index (χ4n) is 4.07. The Morgan fingerprint density at radius 2 is 1.87 bits per heavy atom. The predicted molar refractivity (Wildman–Crippen MR) is 115 cm³/mol. The van der Waals surface area contributed by atoms with E-state index in [1.54, 1.807) is 0 Å². The minimum Gasteiger partial charge on any atom is -0.489 e. The molecule has 1 aliphatic heterocycles. The van der Waals surface area contributed by atoms with E-state index in [0.29, 0.717) is 48.5 Å². The summed E-state index contributed by atoms with van der Waals surface area (Å²) in [7, 11) is 1.28. The van der Waals surface area contributed by atoms with Gasteiger partial charge in [0.1, 0.15) is 23.7 Å². The summed E-state index contributed by atoms with van der Waals surface area (Å²) in [5.74, 6) is -0.291. The number of allylic oxidation sites excluding steroid dienone is 2. The number of esters is 1. The van der Waals surface area contributed by atoms with E-state index in [2.05, 4.69) is 0 Å². The molecular formula is C25H25NO5. The van der Waals surface area contributed by atoms with Gasteiger partial charge in [-0.15, -0.1) is 0 Å². The molecule has 0 radical (unpaired) electrons. The van der Waals surface area contributed by atoms with Gasteiger partial charge in [0.25, 0.3) is 0 Å². The molecule has 0 aromatic heterocycles. The van der Waals surface area contributed by atoms with Crippen LogP contribution in [0, 0.1) is 6.92 Å². The third-order valence-electron chi connectivity index (χ3n) is 5.63. The standard InChI is InChI=1S/C25H25NO5/c1-15-10-12-16(13-11-15)14-30-19-8-4-3-6-17(19)21-22-18(27)7-5-9-20(22)31-24(26)23(21)25(28)29-2/h3-4,6,8,10-13,21H,5,7,9,14,26H2,1-2H3/t21-/m1/s1. The molecule has 6 nitrogen and oxygen atoms in total. The van der Waals surface area contributed by atoms with E-state index in [1.165, 1.54) is 12.7 Å². The highest BCUT2D eigenvalue weighted by Gasteiger charge is 2.42. The second kappa shape index (κ2) is 8.68. The summed E-state index contributed by atoms with van der Waals surface area (Å²) in [5.41, 5.74) is 9.60. The van der Waals surface area contributed by atoms with Crippen LogP contribution in [0.25, 0.3) is 0 Å². The number of hydrogen-bond donors (Lipinski definition) is 1. The van der Waals surface area contributed by atoms with Gasteiger partial charge in [-0.3, -0.25) is 4.79 Å². The first-order valence-corrected chi connectivity index (χ1v) is 10.3. The van der Waals surface area contributed by atoms with E-state index in [4.69, 9.17) is 19.9 Å². The number of Topliss-reactive ketones (excluding diaryl/α,β-unsaturated/α-hetero) is 1. The number of benzene rings is 2. The van der Waals surface area contributed by atoms with Crippen LogP contribution in [0.3, 0.4) is 0 Å². The maximum atomic E-state index is 12.9. The lowest BCUT2D eigenvalue weighted by Gasteiger charge is -2.32. The molecule has 6 heteroatoms. The largest absolute Gasteiger partial charge is 0.489 e. The van der Waals surface area contributed by atoms with Gasteiger partial charge in [-0.25, -0.2) is 4.79 Å². The van der Waals surface area contributed by atoms with Crippen LogP contribution in [-0.4, -0.2) is 18.9 Å². The molecule has 0 spiro atoms. The SMILES string of the molecule is COC(=O)C1=C(N)OC2=C(C(=O)CCC2)[C@H]1c1ccccc1OCc1ccc(C)cc1. The fourth-order valence-corrected chi connectivity index (χ4v) is 4.07. The summed E-state index contributed by atoms with van der Waals surface area (Å²) in [6, 6.07) is 15.5. The molecule has 2 aromatic carbocycles. The molecule has 0 unspecified atom stereocenters. The molecule has 1 atom stereocenters. The Kier molecular flexibility index (Phi) is 5.80. The van der Waals surface area contributed by atoms with Crippen molar-refractivity contribution in [1.82, 2.24) is 0 Å². The van der Waals surface area contributed by atoms with Gasteiger partial charge >= 0.3 is 5.97 Å². The van der Waals surface area contributed by atoms with Gasteiger partial charge in [-0.1, -0.05) is 48.0 Å².